The predicted octanol–water partition coefficient (Wildman–Crippen LogP) is 2.96. The first-order valence-electron chi connectivity index (χ1n) is 9.93. The number of anilines is 1. The summed E-state index contributed by atoms with van der Waals surface area (Å²) in [4.78, 5) is 28.6. The van der Waals surface area contributed by atoms with Gasteiger partial charge in [-0.3, -0.25) is 4.79 Å². The van der Waals surface area contributed by atoms with Crippen molar-refractivity contribution in [2.75, 3.05) is 37.7 Å². The van der Waals surface area contributed by atoms with Crippen LogP contribution in [0, 0.1) is 13.8 Å². The Balaban J connectivity index is 1.45. The second-order valence-corrected chi connectivity index (χ2v) is 7.27. The van der Waals surface area contributed by atoms with Crippen molar-refractivity contribution >= 4 is 17.6 Å². The van der Waals surface area contributed by atoms with Gasteiger partial charge in [0.15, 0.2) is 12.7 Å². The summed E-state index contributed by atoms with van der Waals surface area (Å²) >= 11 is 0. The average molecular weight is 396 g/mol. The third kappa shape index (κ3) is 5.28. The van der Waals surface area contributed by atoms with E-state index in [0.29, 0.717) is 18.8 Å². The molecule has 29 heavy (non-hydrogen) atoms. The lowest BCUT2D eigenvalue weighted by atomic mass is 10.1. The standard InChI is InChI=1S/C23H28N2O4/c1-17-8-7-11-21(18(17)2)24-12-14-25(15-13-24)22(26)16-28-23(27)19(3)29-20-9-5-4-6-10-20/h4-11,19H,12-16H2,1-3H3/t19-/m1/s1. The minimum atomic E-state index is -0.772. The van der Waals surface area contributed by atoms with Gasteiger partial charge in [0.25, 0.3) is 5.91 Å². The van der Waals surface area contributed by atoms with Crippen molar-refractivity contribution in [2.45, 2.75) is 26.9 Å². The van der Waals surface area contributed by atoms with Crippen LogP contribution in [0.5, 0.6) is 5.75 Å². The molecule has 0 aliphatic carbocycles. The fourth-order valence-electron chi connectivity index (χ4n) is 3.37. The number of para-hydroxylation sites is 1. The van der Waals surface area contributed by atoms with Gasteiger partial charge in [0.2, 0.25) is 0 Å². The van der Waals surface area contributed by atoms with Crippen molar-refractivity contribution in [3.63, 3.8) is 0 Å². The zero-order chi connectivity index (χ0) is 20.8. The molecule has 0 bridgehead atoms. The minimum Gasteiger partial charge on any atom is -0.479 e. The van der Waals surface area contributed by atoms with Crippen LogP contribution in [0.3, 0.4) is 0 Å². The van der Waals surface area contributed by atoms with Gasteiger partial charge < -0.3 is 19.3 Å². The number of rotatable bonds is 6. The van der Waals surface area contributed by atoms with E-state index in [1.807, 2.05) is 18.2 Å². The Morgan fingerprint density at radius 3 is 2.34 bits per heavy atom. The van der Waals surface area contributed by atoms with Gasteiger partial charge in [-0.25, -0.2) is 4.79 Å². The lowest BCUT2D eigenvalue weighted by molar-refractivity contribution is -0.157. The second kappa shape index (κ2) is 9.45. The van der Waals surface area contributed by atoms with Gasteiger partial charge in [-0.2, -0.15) is 0 Å². The molecule has 0 N–H and O–H groups in total. The molecule has 6 heteroatoms. The van der Waals surface area contributed by atoms with Crippen LogP contribution in [0.2, 0.25) is 0 Å². The van der Waals surface area contributed by atoms with Crippen LogP contribution in [-0.4, -0.2) is 55.7 Å². The van der Waals surface area contributed by atoms with Gasteiger partial charge in [-0.1, -0.05) is 30.3 Å². The van der Waals surface area contributed by atoms with Crippen molar-refractivity contribution < 1.29 is 19.1 Å². The molecule has 2 aromatic carbocycles. The number of ether oxygens (including phenoxy) is 2. The molecule has 1 heterocycles. The molecule has 154 valence electrons. The smallest absolute Gasteiger partial charge is 0.347 e. The number of carbonyl (C=O) groups is 2. The quantitative estimate of drug-likeness (QED) is 0.703. The highest BCUT2D eigenvalue weighted by Crippen LogP contribution is 2.23. The molecule has 1 aliphatic heterocycles. The summed E-state index contributed by atoms with van der Waals surface area (Å²) in [5, 5.41) is 0. The van der Waals surface area contributed by atoms with Crippen LogP contribution in [0.25, 0.3) is 0 Å². The first-order valence-corrected chi connectivity index (χ1v) is 9.93. The molecular formula is C23H28N2O4. The number of nitrogens with zero attached hydrogens (tertiary/aromatic N) is 2. The SMILES string of the molecule is Cc1cccc(N2CCN(C(=O)COC(=O)[C@@H](C)Oc3ccccc3)CC2)c1C. The summed E-state index contributed by atoms with van der Waals surface area (Å²) in [6, 6.07) is 15.4. The van der Waals surface area contributed by atoms with Crippen LogP contribution in [0.4, 0.5) is 5.69 Å². The van der Waals surface area contributed by atoms with Crippen molar-refractivity contribution in [1.29, 1.82) is 0 Å². The molecule has 2 aromatic rings. The Kier molecular flexibility index (Phi) is 6.75. The molecule has 1 fully saturated rings. The Morgan fingerprint density at radius 2 is 1.66 bits per heavy atom. The van der Waals surface area contributed by atoms with E-state index in [-0.39, 0.29) is 12.5 Å². The number of carbonyl (C=O) groups excluding carboxylic acids is 2. The van der Waals surface area contributed by atoms with Gasteiger partial charge in [0.1, 0.15) is 5.75 Å². The minimum absolute atomic E-state index is 0.175. The molecule has 1 aliphatic rings. The van der Waals surface area contributed by atoms with E-state index in [2.05, 4.69) is 36.9 Å². The highest BCUT2D eigenvalue weighted by atomic mass is 16.6. The Labute approximate surface area is 172 Å². The molecule has 0 spiro atoms. The molecule has 1 atom stereocenters. The summed E-state index contributed by atoms with van der Waals surface area (Å²) in [6.45, 7) is 8.33. The zero-order valence-electron chi connectivity index (χ0n) is 17.3. The maximum atomic E-state index is 12.4. The number of hydrogen-bond acceptors (Lipinski definition) is 5. The molecular weight excluding hydrogens is 368 g/mol. The number of piperazine rings is 1. The van der Waals surface area contributed by atoms with E-state index in [0.717, 1.165) is 13.1 Å². The van der Waals surface area contributed by atoms with Crippen LogP contribution in [-0.2, 0) is 14.3 Å². The third-order valence-corrected chi connectivity index (χ3v) is 5.27. The summed E-state index contributed by atoms with van der Waals surface area (Å²) in [5.41, 5.74) is 3.75. The molecule has 0 radical (unpaired) electrons. The summed E-state index contributed by atoms with van der Waals surface area (Å²) in [6.07, 6.45) is -0.772. The highest BCUT2D eigenvalue weighted by Gasteiger charge is 2.24. The second-order valence-electron chi connectivity index (χ2n) is 7.27. The van der Waals surface area contributed by atoms with Gasteiger partial charge in [-0.15, -0.1) is 0 Å². The van der Waals surface area contributed by atoms with Gasteiger partial charge in [-0.05, 0) is 50.1 Å². The Bertz CT molecular complexity index is 845. The number of esters is 1. The van der Waals surface area contributed by atoms with E-state index in [1.165, 1.54) is 16.8 Å². The normalized spacial score (nSPS) is 15.0. The number of aryl methyl sites for hydroxylation is 1. The Morgan fingerprint density at radius 1 is 0.966 bits per heavy atom. The van der Waals surface area contributed by atoms with E-state index in [9.17, 15) is 9.59 Å². The van der Waals surface area contributed by atoms with Gasteiger partial charge >= 0.3 is 5.97 Å². The summed E-state index contributed by atoms with van der Waals surface area (Å²) in [7, 11) is 0. The molecule has 1 amide bonds. The topological polar surface area (TPSA) is 59.1 Å². The molecule has 6 nitrogen and oxygen atoms in total. The Hall–Kier alpha value is -3.02. The van der Waals surface area contributed by atoms with Crippen molar-refractivity contribution in [1.82, 2.24) is 4.90 Å². The van der Waals surface area contributed by atoms with Crippen molar-refractivity contribution in [3.8, 4) is 5.75 Å². The number of hydrogen-bond donors (Lipinski definition) is 0. The first-order chi connectivity index (χ1) is 14.0. The van der Waals surface area contributed by atoms with Crippen molar-refractivity contribution in [3.05, 3.63) is 59.7 Å². The lowest BCUT2D eigenvalue weighted by Gasteiger charge is -2.37. The fraction of sp³-hybridized carbons (Fsp3) is 0.391. The third-order valence-electron chi connectivity index (χ3n) is 5.27. The van der Waals surface area contributed by atoms with Crippen LogP contribution < -0.4 is 9.64 Å². The zero-order valence-corrected chi connectivity index (χ0v) is 17.3. The highest BCUT2D eigenvalue weighted by molar-refractivity contribution is 5.82. The van der Waals surface area contributed by atoms with E-state index >= 15 is 0 Å². The molecule has 0 aromatic heterocycles. The largest absolute Gasteiger partial charge is 0.479 e. The van der Waals surface area contributed by atoms with Gasteiger partial charge in [0.05, 0.1) is 0 Å². The van der Waals surface area contributed by atoms with Crippen LogP contribution >= 0.6 is 0 Å². The maximum absolute atomic E-state index is 12.4. The van der Waals surface area contributed by atoms with E-state index < -0.39 is 12.1 Å². The fourth-order valence-corrected chi connectivity index (χ4v) is 3.37. The molecule has 0 saturated carbocycles. The molecule has 1 saturated heterocycles. The monoisotopic (exact) mass is 396 g/mol. The molecule has 0 unspecified atom stereocenters. The number of benzene rings is 2. The summed E-state index contributed by atoms with van der Waals surface area (Å²) < 4.78 is 10.7. The van der Waals surface area contributed by atoms with E-state index in [1.54, 1.807) is 24.0 Å². The van der Waals surface area contributed by atoms with Crippen LogP contribution in [0.15, 0.2) is 48.5 Å². The van der Waals surface area contributed by atoms with E-state index in [4.69, 9.17) is 9.47 Å². The maximum Gasteiger partial charge on any atom is 0.347 e. The first kappa shape index (κ1) is 20.7. The molecule has 3 rings (SSSR count). The lowest BCUT2D eigenvalue weighted by Crippen LogP contribution is -2.50. The predicted molar refractivity (Wildman–Crippen MR) is 112 cm³/mol. The average Bonchev–Trinajstić information content (AvgIpc) is 2.74. The van der Waals surface area contributed by atoms with Gasteiger partial charge in [0, 0.05) is 31.9 Å². The number of amides is 1. The van der Waals surface area contributed by atoms with Crippen molar-refractivity contribution in [2.24, 2.45) is 0 Å². The van der Waals surface area contributed by atoms with Crippen LogP contribution in [0.1, 0.15) is 18.1 Å². The summed E-state index contributed by atoms with van der Waals surface area (Å²) in [5.74, 6) is -0.132.